The maximum Gasteiger partial charge on any atom is 0.427 e. The number of ether oxygens (including phenoxy) is 3. The number of rotatable bonds is 6. The van der Waals surface area contributed by atoms with Crippen LogP contribution in [0.4, 0.5) is 33.7 Å². The number of halogens is 4. The molecule has 1 heterocycles. The number of amides is 1. The molecular formula is C26H26F4N2O8S. The number of carboxylic acids is 1. The molecule has 1 aliphatic rings. The maximum absolute atomic E-state index is 14.0. The van der Waals surface area contributed by atoms with Crippen molar-refractivity contribution in [1.82, 2.24) is 0 Å². The Morgan fingerprint density at radius 3 is 2.37 bits per heavy atom. The van der Waals surface area contributed by atoms with E-state index in [1.54, 1.807) is 0 Å². The molecular weight excluding hydrogens is 576 g/mol. The van der Waals surface area contributed by atoms with E-state index in [0.717, 1.165) is 35.7 Å². The molecule has 2 aromatic carbocycles. The molecule has 0 saturated heterocycles. The van der Waals surface area contributed by atoms with E-state index in [2.05, 4.69) is 21.9 Å². The minimum Gasteiger partial charge on any atom is -0.494 e. The second kappa shape index (κ2) is 11.0. The summed E-state index contributed by atoms with van der Waals surface area (Å²) in [5.41, 5.74) is -4.59. The molecule has 15 heteroatoms. The Bertz CT molecular complexity index is 1530. The fourth-order valence-corrected chi connectivity index (χ4v) is 4.79. The molecule has 1 aliphatic heterocycles. The third kappa shape index (κ3) is 6.76. The van der Waals surface area contributed by atoms with Crippen LogP contribution in [-0.2, 0) is 19.6 Å². The lowest BCUT2D eigenvalue weighted by Gasteiger charge is -2.34. The van der Waals surface area contributed by atoms with Crippen molar-refractivity contribution in [3.05, 3.63) is 42.2 Å². The number of alkyl halides is 3. The second-order valence-electron chi connectivity index (χ2n) is 9.84. The predicted octanol–water partition coefficient (Wildman–Crippen LogP) is 4.79. The number of nitrogens with one attached hydrogen (secondary N) is 1. The Kier molecular flexibility index (Phi) is 8.41. The van der Waals surface area contributed by atoms with Crippen molar-refractivity contribution in [3.63, 3.8) is 0 Å². The first-order valence-electron chi connectivity index (χ1n) is 11.8. The molecule has 41 heavy (non-hydrogen) atoms. The van der Waals surface area contributed by atoms with E-state index in [9.17, 15) is 40.7 Å². The van der Waals surface area contributed by atoms with E-state index in [4.69, 9.17) is 9.47 Å². The van der Waals surface area contributed by atoms with E-state index < -0.39 is 57.7 Å². The summed E-state index contributed by atoms with van der Waals surface area (Å²) in [6, 6.07) is 6.42. The number of carbonyl (C=O) groups excluding carboxylic acids is 1. The van der Waals surface area contributed by atoms with Crippen LogP contribution in [0.15, 0.2) is 41.3 Å². The number of methoxy groups -OCH3 is 1. The molecule has 0 saturated carbocycles. The quantitative estimate of drug-likeness (QED) is 0.356. The largest absolute Gasteiger partial charge is 0.494 e. The second-order valence-corrected chi connectivity index (χ2v) is 11.7. The van der Waals surface area contributed by atoms with Crippen LogP contribution < -0.4 is 19.1 Å². The topological polar surface area (TPSA) is 131 Å². The zero-order valence-corrected chi connectivity index (χ0v) is 23.2. The molecule has 0 radical (unpaired) electrons. The summed E-state index contributed by atoms with van der Waals surface area (Å²) in [7, 11) is -3.35. The van der Waals surface area contributed by atoms with E-state index in [1.165, 1.54) is 26.0 Å². The minimum absolute atomic E-state index is 0.0594. The number of carbonyl (C=O) groups is 2. The highest BCUT2D eigenvalue weighted by molar-refractivity contribution is 7.92. The molecule has 0 aromatic heterocycles. The van der Waals surface area contributed by atoms with Crippen LogP contribution in [0.2, 0.25) is 0 Å². The van der Waals surface area contributed by atoms with Gasteiger partial charge in [0.05, 0.1) is 24.2 Å². The van der Waals surface area contributed by atoms with E-state index in [1.807, 2.05) is 0 Å². The van der Waals surface area contributed by atoms with Gasteiger partial charge in [0, 0.05) is 11.8 Å². The standard InChI is InChI=1S/C26H26F4N2O8S/c1-24(2,22(33)34)11-10-16-14-32(41(36,37)17-7-8-18(27)21(13-17)38-5)19-12-15(6-9-20(19)39-16)31-23(35)40-25(3,4)26(28,29)30/h6-9,12-13,16H,14H2,1-5H3,(H,31,35)(H,33,34). The SMILES string of the molecule is COc1cc(S(=O)(=O)N2CC(C#CC(C)(C)C(=O)O)Oc3ccc(NC(=O)OC(C)(C)C(F)(F)F)cc32)ccc1F. The summed E-state index contributed by atoms with van der Waals surface area (Å²) in [5.74, 6) is 2.70. The summed E-state index contributed by atoms with van der Waals surface area (Å²) in [5, 5.41) is 11.5. The number of hydrogen-bond acceptors (Lipinski definition) is 7. The monoisotopic (exact) mass is 602 g/mol. The van der Waals surface area contributed by atoms with Gasteiger partial charge >= 0.3 is 18.2 Å². The maximum atomic E-state index is 14.0. The summed E-state index contributed by atoms with van der Waals surface area (Å²) in [4.78, 5) is 23.3. The number of benzene rings is 2. The number of sulfonamides is 1. The molecule has 0 fully saturated rings. The molecule has 3 rings (SSSR count). The van der Waals surface area contributed by atoms with Gasteiger partial charge in [-0.25, -0.2) is 17.6 Å². The number of hydrogen-bond donors (Lipinski definition) is 2. The fraction of sp³-hybridized carbons (Fsp3) is 0.385. The van der Waals surface area contributed by atoms with Gasteiger partial charge in [-0.1, -0.05) is 11.8 Å². The molecule has 2 N–H and O–H groups in total. The summed E-state index contributed by atoms with van der Waals surface area (Å²) in [6.45, 7) is 3.54. The van der Waals surface area contributed by atoms with Gasteiger partial charge in [0.15, 0.2) is 17.7 Å². The number of nitrogens with zero attached hydrogens (tertiary/aromatic N) is 1. The fourth-order valence-electron chi connectivity index (χ4n) is 3.31. The number of carboxylic acid groups (broad SMARTS) is 1. The number of fused-ring (bicyclic) bond motifs is 1. The van der Waals surface area contributed by atoms with Gasteiger partial charge < -0.3 is 19.3 Å². The third-order valence-electron chi connectivity index (χ3n) is 5.90. The lowest BCUT2D eigenvalue weighted by Crippen LogP contribution is -2.44. The highest BCUT2D eigenvalue weighted by Gasteiger charge is 2.51. The van der Waals surface area contributed by atoms with Gasteiger partial charge in [-0.15, -0.1) is 0 Å². The number of aliphatic carboxylic acids is 1. The Morgan fingerprint density at radius 2 is 1.78 bits per heavy atom. The summed E-state index contributed by atoms with van der Waals surface area (Å²) >= 11 is 0. The van der Waals surface area contributed by atoms with E-state index in [0.29, 0.717) is 13.8 Å². The molecule has 0 aliphatic carbocycles. The number of anilines is 2. The molecule has 1 unspecified atom stereocenters. The van der Waals surface area contributed by atoms with Crippen LogP contribution >= 0.6 is 0 Å². The van der Waals surface area contributed by atoms with Crippen molar-refractivity contribution in [2.75, 3.05) is 23.3 Å². The highest BCUT2D eigenvalue weighted by atomic mass is 32.2. The van der Waals surface area contributed by atoms with Crippen molar-refractivity contribution in [3.8, 4) is 23.3 Å². The molecule has 0 spiro atoms. The highest BCUT2D eigenvalue weighted by Crippen LogP contribution is 2.40. The molecule has 10 nitrogen and oxygen atoms in total. The lowest BCUT2D eigenvalue weighted by molar-refractivity contribution is -0.242. The average molecular weight is 603 g/mol. The summed E-state index contributed by atoms with van der Waals surface area (Å²) in [6.07, 6.45) is -7.48. The van der Waals surface area contributed by atoms with Crippen molar-refractivity contribution in [1.29, 1.82) is 0 Å². The van der Waals surface area contributed by atoms with E-state index in [-0.39, 0.29) is 27.8 Å². The molecule has 2 aromatic rings. The van der Waals surface area contributed by atoms with Crippen LogP contribution in [-0.4, -0.2) is 57.1 Å². The zero-order chi connectivity index (χ0) is 31.0. The van der Waals surface area contributed by atoms with Gasteiger partial charge in [-0.05, 0) is 58.0 Å². The molecule has 1 atom stereocenters. The minimum atomic E-state index is -4.86. The Balaban J connectivity index is 2.06. The van der Waals surface area contributed by atoms with Gasteiger partial charge in [-0.2, -0.15) is 13.2 Å². The van der Waals surface area contributed by atoms with Gasteiger partial charge in [0.2, 0.25) is 5.60 Å². The molecule has 0 bridgehead atoms. The first-order valence-corrected chi connectivity index (χ1v) is 13.2. The first-order chi connectivity index (χ1) is 18.8. The van der Waals surface area contributed by atoms with Gasteiger partial charge in [0.25, 0.3) is 10.0 Å². The zero-order valence-electron chi connectivity index (χ0n) is 22.4. The van der Waals surface area contributed by atoms with Crippen LogP contribution in [0.5, 0.6) is 11.5 Å². The molecule has 1 amide bonds. The van der Waals surface area contributed by atoms with Gasteiger partial charge in [0.1, 0.15) is 11.2 Å². The Labute approximate surface area is 233 Å². The predicted molar refractivity (Wildman–Crippen MR) is 138 cm³/mol. The Hall–Kier alpha value is -4.19. The van der Waals surface area contributed by atoms with Crippen molar-refractivity contribution < 1.29 is 54.9 Å². The van der Waals surface area contributed by atoms with E-state index >= 15 is 0 Å². The van der Waals surface area contributed by atoms with Crippen LogP contribution in [0.3, 0.4) is 0 Å². The Morgan fingerprint density at radius 1 is 1.12 bits per heavy atom. The van der Waals surface area contributed by atoms with Crippen molar-refractivity contribution in [2.45, 2.75) is 50.5 Å². The third-order valence-corrected chi connectivity index (χ3v) is 7.67. The average Bonchev–Trinajstić information content (AvgIpc) is 2.86. The van der Waals surface area contributed by atoms with Crippen LogP contribution in [0, 0.1) is 23.1 Å². The van der Waals surface area contributed by atoms with Crippen molar-refractivity contribution in [2.24, 2.45) is 5.41 Å². The summed E-state index contributed by atoms with van der Waals surface area (Å²) < 4.78 is 96.8. The normalized spacial score (nSPS) is 15.5. The first kappa shape index (κ1) is 31.3. The lowest BCUT2D eigenvalue weighted by atomic mass is 9.94. The van der Waals surface area contributed by atoms with Crippen molar-refractivity contribution >= 4 is 33.5 Å². The van der Waals surface area contributed by atoms with Gasteiger partial charge in [-0.3, -0.25) is 14.4 Å². The smallest absolute Gasteiger partial charge is 0.427 e. The van der Waals surface area contributed by atoms with Crippen LogP contribution in [0.1, 0.15) is 27.7 Å². The van der Waals surface area contributed by atoms with Crippen LogP contribution in [0.25, 0.3) is 0 Å². The molecule has 222 valence electrons.